The molecular formula is C14H19Cl2N3O2S. The first-order chi connectivity index (χ1) is 9.78. The molecule has 1 N–H and O–H groups in total. The Kier molecular flexibility index (Phi) is 7.35. The smallest absolute Gasteiger partial charge is 0.265 e. The Morgan fingerprint density at radius 1 is 1.55 bits per heavy atom. The van der Waals surface area contributed by atoms with E-state index in [2.05, 4.69) is 10.3 Å². The number of aromatic nitrogens is 1. The summed E-state index contributed by atoms with van der Waals surface area (Å²) in [6.07, 6.45) is 4.33. The normalized spacial score (nSPS) is 17.0. The Morgan fingerprint density at radius 2 is 2.36 bits per heavy atom. The average Bonchev–Trinajstić information content (AvgIpc) is 3.19. The van der Waals surface area contributed by atoms with Crippen LogP contribution in [0, 0.1) is 5.92 Å². The molecule has 2 aromatic rings. The molecule has 0 saturated carbocycles. The molecule has 1 unspecified atom stereocenters. The van der Waals surface area contributed by atoms with Crippen LogP contribution in [0.4, 0.5) is 0 Å². The van der Waals surface area contributed by atoms with Gasteiger partial charge in [-0.25, -0.2) is 4.98 Å². The summed E-state index contributed by atoms with van der Waals surface area (Å²) in [6, 6.07) is 3.67. The van der Waals surface area contributed by atoms with Crippen molar-refractivity contribution in [1.82, 2.24) is 15.2 Å². The van der Waals surface area contributed by atoms with Gasteiger partial charge in [0.15, 0.2) is 10.8 Å². The Hall–Kier alpha value is -1.08. The zero-order chi connectivity index (χ0) is 13.9. The monoisotopic (exact) mass is 363 g/mol. The summed E-state index contributed by atoms with van der Waals surface area (Å²) in [5, 5.41) is 3.93. The van der Waals surface area contributed by atoms with Crippen LogP contribution in [0.5, 0.6) is 0 Å². The lowest BCUT2D eigenvalue weighted by atomic mass is 10.1. The number of carbonyl (C=O) groups excluding carboxylic acids is 1. The minimum absolute atomic E-state index is 0. The van der Waals surface area contributed by atoms with Gasteiger partial charge in [0.25, 0.3) is 5.91 Å². The Bertz CT molecular complexity index is 589. The van der Waals surface area contributed by atoms with Crippen LogP contribution in [0.3, 0.4) is 0 Å². The van der Waals surface area contributed by atoms with Crippen LogP contribution in [-0.4, -0.2) is 42.5 Å². The van der Waals surface area contributed by atoms with Gasteiger partial charge < -0.3 is 14.6 Å². The number of carbonyl (C=O) groups is 1. The van der Waals surface area contributed by atoms with E-state index in [0.29, 0.717) is 16.6 Å². The first-order valence-electron chi connectivity index (χ1n) is 6.71. The number of hydrogen-bond donors (Lipinski definition) is 1. The van der Waals surface area contributed by atoms with Gasteiger partial charge in [0.1, 0.15) is 4.88 Å². The molecule has 1 amide bonds. The van der Waals surface area contributed by atoms with Gasteiger partial charge in [-0.1, -0.05) is 0 Å². The molecule has 0 bridgehead atoms. The van der Waals surface area contributed by atoms with Gasteiger partial charge in [-0.15, -0.1) is 36.2 Å². The second-order valence-corrected chi connectivity index (χ2v) is 6.00. The molecule has 1 atom stereocenters. The molecule has 3 heterocycles. The number of furan rings is 1. The summed E-state index contributed by atoms with van der Waals surface area (Å²) in [6.45, 7) is 2.62. The number of likely N-dealkylation sites (tertiary alicyclic amines) is 1. The number of nitrogens with one attached hydrogen (secondary N) is 1. The lowest BCUT2D eigenvalue weighted by Gasteiger charge is -2.15. The zero-order valence-corrected chi connectivity index (χ0v) is 14.6. The summed E-state index contributed by atoms with van der Waals surface area (Å²) in [5.74, 6) is 1.35. The van der Waals surface area contributed by atoms with Crippen molar-refractivity contribution in [2.45, 2.75) is 6.42 Å². The summed E-state index contributed by atoms with van der Waals surface area (Å²) in [5.41, 5.74) is 0. The number of amides is 1. The number of nitrogens with zero attached hydrogens (tertiary/aromatic N) is 2. The highest BCUT2D eigenvalue weighted by Crippen LogP contribution is 2.27. The van der Waals surface area contributed by atoms with Gasteiger partial charge in [-0.3, -0.25) is 4.79 Å². The van der Waals surface area contributed by atoms with Crippen LogP contribution in [0.1, 0.15) is 16.1 Å². The number of hydrogen-bond acceptors (Lipinski definition) is 5. The Labute approximate surface area is 145 Å². The van der Waals surface area contributed by atoms with Crippen molar-refractivity contribution in [2.24, 2.45) is 5.92 Å². The quantitative estimate of drug-likeness (QED) is 0.906. The maximum atomic E-state index is 12.4. The molecule has 1 fully saturated rings. The predicted octanol–water partition coefficient (Wildman–Crippen LogP) is 2.93. The fourth-order valence-electron chi connectivity index (χ4n) is 2.52. The maximum absolute atomic E-state index is 12.4. The highest BCUT2D eigenvalue weighted by Gasteiger charge is 2.27. The van der Waals surface area contributed by atoms with Gasteiger partial charge in [-0.2, -0.15) is 0 Å². The Morgan fingerprint density at radius 3 is 3.05 bits per heavy atom. The molecular weight excluding hydrogens is 345 g/mol. The topological polar surface area (TPSA) is 58.4 Å². The van der Waals surface area contributed by atoms with Crippen molar-refractivity contribution in [1.29, 1.82) is 0 Å². The minimum atomic E-state index is 0. The SMILES string of the molecule is CNCC1CCN(C(=O)c2cnc(-c3ccco3)s2)C1.Cl.Cl. The molecule has 0 spiro atoms. The van der Waals surface area contributed by atoms with E-state index in [9.17, 15) is 4.79 Å². The fourth-order valence-corrected chi connectivity index (χ4v) is 3.37. The van der Waals surface area contributed by atoms with Crippen molar-refractivity contribution < 1.29 is 9.21 Å². The van der Waals surface area contributed by atoms with Crippen molar-refractivity contribution in [3.05, 3.63) is 29.5 Å². The molecule has 3 rings (SSSR count). The summed E-state index contributed by atoms with van der Waals surface area (Å²) >= 11 is 1.39. The molecule has 0 aromatic carbocycles. The van der Waals surface area contributed by atoms with E-state index in [4.69, 9.17) is 4.42 Å². The molecule has 2 aromatic heterocycles. The van der Waals surface area contributed by atoms with E-state index in [1.807, 2.05) is 24.1 Å². The standard InChI is InChI=1S/C14H17N3O2S.2ClH/c1-15-7-10-4-5-17(9-10)14(18)12-8-16-13(20-12)11-3-2-6-19-11;;/h2-3,6,8,10,15H,4-5,7,9H2,1H3;2*1H. The minimum Gasteiger partial charge on any atom is -0.462 e. The highest BCUT2D eigenvalue weighted by atomic mass is 35.5. The molecule has 1 saturated heterocycles. The van der Waals surface area contributed by atoms with Crippen LogP contribution in [0.25, 0.3) is 10.8 Å². The van der Waals surface area contributed by atoms with Gasteiger partial charge >= 0.3 is 0 Å². The molecule has 0 radical (unpaired) electrons. The molecule has 0 aliphatic carbocycles. The molecule has 8 heteroatoms. The van der Waals surface area contributed by atoms with Crippen molar-refractivity contribution in [3.63, 3.8) is 0 Å². The van der Waals surface area contributed by atoms with E-state index in [-0.39, 0.29) is 30.7 Å². The predicted molar refractivity (Wildman–Crippen MR) is 92.2 cm³/mol. The van der Waals surface area contributed by atoms with E-state index in [1.54, 1.807) is 12.5 Å². The third kappa shape index (κ3) is 4.01. The van der Waals surface area contributed by atoms with Crippen LogP contribution in [0.2, 0.25) is 0 Å². The van der Waals surface area contributed by atoms with E-state index in [0.717, 1.165) is 31.1 Å². The van der Waals surface area contributed by atoms with E-state index in [1.165, 1.54) is 11.3 Å². The molecule has 5 nitrogen and oxygen atoms in total. The molecule has 1 aliphatic heterocycles. The molecule has 1 aliphatic rings. The summed E-state index contributed by atoms with van der Waals surface area (Å²) in [7, 11) is 1.95. The van der Waals surface area contributed by atoms with E-state index < -0.39 is 0 Å². The van der Waals surface area contributed by atoms with Crippen molar-refractivity contribution in [3.8, 4) is 10.8 Å². The first-order valence-corrected chi connectivity index (χ1v) is 7.53. The summed E-state index contributed by atoms with van der Waals surface area (Å²) in [4.78, 5) is 19.3. The summed E-state index contributed by atoms with van der Waals surface area (Å²) < 4.78 is 5.30. The number of rotatable bonds is 4. The average molecular weight is 364 g/mol. The third-order valence-corrected chi connectivity index (χ3v) is 4.51. The van der Waals surface area contributed by atoms with Crippen molar-refractivity contribution >= 4 is 42.1 Å². The van der Waals surface area contributed by atoms with Gasteiger partial charge in [0.2, 0.25) is 0 Å². The van der Waals surface area contributed by atoms with E-state index >= 15 is 0 Å². The molecule has 122 valence electrons. The zero-order valence-electron chi connectivity index (χ0n) is 12.2. The molecule has 22 heavy (non-hydrogen) atoms. The number of halogens is 2. The van der Waals surface area contributed by atoms with Gasteiger partial charge in [0, 0.05) is 13.1 Å². The van der Waals surface area contributed by atoms with Crippen LogP contribution >= 0.6 is 36.2 Å². The Balaban J connectivity index is 0.00000121. The van der Waals surface area contributed by atoms with Crippen LogP contribution in [0.15, 0.2) is 29.0 Å². The largest absolute Gasteiger partial charge is 0.462 e. The lowest BCUT2D eigenvalue weighted by Crippen LogP contribution is -2.29. The fraction of sp³-hybridized carbons (Fsp3) is 0.429. The van der Waals surface area contributed by atoms with Crippen LogP contribution < -0.4 is 5.32 Å². The van der Waals surface area contributed by atoms with Gasteiger partial charge in [-0.05, 0) is 38.1 Å². The third-order valence-electron chi connectivity index (χ3n) is 3.51. The second-order valence-electron chi connectivity index (χ2n) is 4.97. The van der Waals surface area contributed by atoms with Gasteiger partial charge in [0.05, 0.1) is 12.5 Å². The van der Waals surface area contributed by atoms with Crippen LogP contribution in [-0.2, 0) is 0 Å². The number of thiazole rings is 1. The lowest BCUT2D eigenvalue weighted by molar-refractivity contribution is 0.0791. The highest BCUT2D eigenvalue weighted by molar-refractivity contribution is 7.16. The maximum Gasteiger partial charge on any atom is 0.265 e. The first kappa shape index (κ1) is 19.0. The van der Waals surface area contributed by atoms with Crippen molar-refractivity contribution in [2.75, 3.05) is 26.7 Å². The second kappa shape index (κ2) is 8.53.